The molecule has 0 fully saturated rings. The van der Waals surface area contributed by atoms with Crippen molar-refractivity contribution in [2.45, 2.75) is 91.1 Å². The van der Waals surface area contributed by atoms with E-state index in [1.165, 1.54) is 38.5 Å². The Hall–Kier alpha value is 0.137. The summed E-state index contributed by atoms with van der Waals surface area (Å²) in [6.07, 6.45) is 7.59. The molecule has 0 aromatic carbocycles. The van der Waals surface area contributed by atoms with Crippen LogP contribution in [0.4, 0.5) is 0 Å². The van der Waals surface area contributed by atoms with Crippen molar-refractivity contribution in [1.29, 1.82) is 0 Å². The maximum Gasteiger partial charge on any atom is 0.343 e. The molecule has 0 aromatic heterocycles. The Morgan fingerprint density at radius 1 is 1.00 bits per heavy atom. The summed E-state index contributed by atoms with van der Waals surface area (Å²) in [5.74, 6) is 1.47. The lowest BCUT2D eigenvalue weighted by Gasteiger charge is -2.44. The third-order valence-corrected chi connectivity index (χ3v) is 10.0. The van der Waals surface area contributed by atoms with Crippen LogP contribution in [0.25, 0.3) is 0 Å². The molecule has 1 atom stereocenters. The van der Waals surface area contributed by atoms with E-state index in [0.717, 1.165) is 17.9 Å². The standard InChI is InChI=1S/C18H40O2Si/c1-9-12-13-16(4)14-18(5,6)21(19-7,20-8)15-17(10-2)11-3/h16-17H,9-15H2,1-8H3. The molecule has 0 rings (SSSR count). The molecule has 0 bridgehead atoms. The van der Waals surface area contributed by atoms with Gasteiger partial charge in [-0.2, -0.15) is 0 Å². The summed E-state index contributed by atoms with van der Waals surface area (Å²) >= 11 is 0. The first-order chi connectivity index (χ1) is 9.82. The van der Waals surface area contributed by atoms with Crippen LogP contribution in [0.15, 0.2) is 0 Å². The van der Waals surface area contributed by atoms with Crippen molar-refractivity contribution in [3.05, 3.63) is 0 Å². The fourth-order valence-corrected chi connectivity index (χ4v) is 7.87. The highest BCUT2D eigenvalue weighted by Crippen LogP contribution is 2.48. The van der Waals surface area contributed by atoms with Crippen molar-refractivity contribution in [2.24, 2.45) is 11.8 Å². The lowest BCUT2D eigenvalue weighted by atomic mass is 9.93. The van der Waals surface area contributed by atoms with Gasteiger partial charge in [-0.15, -0.1) is 0 Å². The van der Waals surface area contributed by atoms with Gasteiger partial charge in [0.05, 0.1) is 0 Å². The Kier molecular flexibility index (Phi) is 10.1. The van der Waals surface area contributed by atoms with Crippen LogP contribution in [0.5, 0.6) is 0 Å². The molecular formula is C18H40O2Si. The zero-order valence-electron chi connectivity index (χ0n) is 15.9. The smallest absolute Gasteiger partial charge is 0.343 e. The second-order valence-corrected chi connectivity index (χ2v) is 11.5. The first-order valence-corrected chi connectivity index (χ1v) is 10.9. The predicted molar refractivity (Wildman–Crippen MR) is 96.0 cm³/mol. The topological polar surface area (TPSA) is 18.5 Å². The third-order valence-electron chi connectivity index (χ3n) is 5.31. The maximum atomic E-state index is 6.11. The predicted octanol–water partition coefficient (Wildman–Crippen LogP) is 6.15. The van der Waals surface area contributed by atoms with E-state index in [-0.39, 0.29) is 5.04 Å². The molecular weight excluding hydrogens is 276 g/mol. The summed E-state index contributed by atoms with van der Waals surface area (Å²) in [6, 6.07) is 1.13. The molecule has 0 aliphatic heterocycles. The molecule has 128 valence electrons. The van der Waals surface area contributed by atoms with Crippen LogP contribution in [0.3, 0.4) is 0 Å². The highest BCUT2D eigenvalue weighted by molar-refractivity contribution is 6.70. The molecule has 1 unspecified atom stereocenters. The fourth-order valence-electron chi connectivity index (χ4n) is 3.72. The van der Waals surface area contributed by atoms with E-state index in [1.807, 2.05) is 14.2 Å². The van der Waals surface area contributed by atoms with E-state index in [9.17, 15) is 0 Å². The number of hydrogen-bond acceptors (Lipinski definition) is 2. The Bertz CT molecular complexity index is 258. The second kappa shape index (κ2) is 10.0. The van der Waals surface area contributed by atoms with E-state index in [2.05, 4.69) is 41.5 Å². The minimum atomic E-state index is -2.18. The first kappa shape index (κ1) is 21.1. The van der Waals surface area contributed by atoms with Gasteiger partial charge >= 0.3 is 8.56 Å². The molecule has 0 N–H and O–H groups in total. The van der Waals surface area contributed by atoms with Crippen LogP contribution in [-0.2, 0) is 8.85 Å². The highest BCUT2D eigenvalue weighted by Gasteiger charge is 2.51. The molecule has 0 spiro atoms. The molecule has 0 aliphatic rings. The van der Waals surface area contributed by atoms with Crippen LogP contribution >= 0.6 is 0 Å². The van der Waals surface area contributed by atoms with Gasteiger partial charge < -0.3 is 8.85 Å². The first-order valence-electron chi connectivity index (χ1n) is 8.92. The lowest BCUT2D eigenvalue weighted by Crippen LogP contribution is -2.51. The van der Waals surface area contributed by atoms with Gasteiger partial charge in [0.25, 0.3) is 0 Å². The van der Waals surface area contributed by atoms with Crippen molar-refractivity contribution in [2.75, 3.05) is 14.2 Å². The Labute approximate surface area is 135 Å². The Balaban J connectivity index is 5.03. The van der Waals surface area contributed by atoms with Gasteiger partial charge in [-0.3, -0.25) is 0 Å². The van der Waals surface area contributed by atoms with Crippen molar-refractivity contribution < 1.29 is 8.85 Å². The van der Waals surface area contributed by atoms with Crippen molar-refractivity contribution in [1.82, 2.24) is 0 Å². The summed E-state index contributed by atoms with van der Waals surface area (Å²) < 4.78 is 12.2. The van der Waals surface area contributed by atoms with Crippen molar-refractivity contribution in [3.8, 4) is 0 Å². The highest BCUT2D eigenvalue weighted by atomic mass is 28.4. The Morgan fingerprint density at radius 3 is 1.90 bits per heavy atom. The molecule has 0 saturated heterocycles. The molecule has 0 radical (unpaired) electrons. The van der Waals surface area contributed by atoms with E-state index >= 15 is 0 Å². The quantitative estimate of drug-likeness (QED) is 0.402. The summed E-state index contributed by atoms with van der Waals surface area (Å²) in [5.41, 5.74) is 0. The molecule has 0 aromatic rings. The molecule has 0 aliphatic carbocycles. The molecule has 0 heterocycles. The number of unbranched alkanes of at least 4 members (excludes halogenated alkanes) is 1. The number of rotatable bonds is 12. The molecule has 3 heteroatoms. The minimum Gasteiger partial charge on any atom is -0.397 e. The van der Waals surface area contributed by atoms with E-state index in [4.69, 9.17) is 8.85 Å². The maximum absolute atomic E-state index is 6.11. The van der Waals surface area contributed by atoms with Gasteiger partial charge in [0.1, 0.15) is 0 Å². The average molecular weight is 317 g/mol. The summed E-state index contributed by atoms with van der Waals surface area (Å²) in [6.45, 7) is 14.0. The van der Waals surface area contributed by atoms with E-state index in [1.54, 1.807) is 0 Å². The van der Waals surface area contributed by atoms with Gasteiger partial charge in [-0.1, -0.05) is 73.6 Å². The number of hydrogen-bond donors (Lipinski definition) is 0. The lowest BCUT2D eigenvalue weighted by molar-refractivity contribution is 0.189. The summed E-state index contributed by atoms with van der Waals surface area (Å²) in [5, 5.41) is 0.159. The van der Waals surface area contributed by atoms with Crippen LogP contribution in [0.1, 0.15) is 80.1 Å². The van der Waals surface area contributed by atoms with E-state index in [0.29, 0.717) is 0 Å². The van der Waals surface area contributed by atoms with Gasteiger partial charge in [0, 0.05) is 19.3 Å². The van der Waals surface area contributed by atoms with Gasteiger partial charge in [-0.05, 0) is 24.3 Å². The van der Waals surface area contributed by atoms with E-state index < -0.39 is 8.56 Å². The normalized spacial score (nSPS) is 14.7. The summed E-state index contributed by atoms with van der Waals surface area (Å²) in [7, 11) is 1.57. The van der Waals surface area contributed by atoms with Crippen molar-refractivity contribution in [3.63, 3.8) is 0 Å². The zero-order valence-corrected chi connectivity index (χ0v) is 16.9. The van der Waals surface area contributed by atoms with Crippen LogP contribution < -0.4 is 0 Å². The monoisotopic (exact) mass is 316 g/mol. The van der Waals surface area contributed by atoms with Crippen LogP contribution in [-0.4, -0.2) is 22.8 Å². The fraction of sp³-hybridized carbons (Fsp3) is 1.00. The van der Waals surface area contributed by atoms with Crippen LogP contribution in [0.2, 0.25) is 11.1 Å². The van der Waals surface area contributed by atoms with Crippen LogP contribution in [0, 0.1) is 11.8 Å². The SMILES string of the molecule is CCCCC(C)CC(C)(C)[Si](CC(CC)CC)(OC)OC. The minimum absolute atomic E-state index is 0.159. The average Bonchev–Trinajstić information content (AvgIpc) is 2.46. The third kappa shape index (κ3) is 6.03. The molecule has 21 heavy (non-hydrogen) atoms. The zero-order chi connectivity index (χ0) is 16.5. The molecule has 0 saturated carbocycles. The molecule has 0 amide bonds. The van der Waals surface area contributed by atoms with Gasteiger partial charge in [0.15, 0.2) is 0 Å². The molecule has 2 nitrogen and oxygen atoms in total. The summed E-state index contributed by atoms with van der Waals surface area (Å²) in [4.78, 5) is 0. The van der Waals surface area contributed by atoms with Crippen molar-refractivity contribution >= 4 is 8.56 Å². The van der Waals surface area contributed by atoms with Gasteiger partial charge in [0.2, 0.25) is 0 Å². The largest absolute Gasteiger partial charge is 0.397 e. The Morgan fingerprint density at radius 2 is 1.52 bits per heavy atom. The second-order valence-electron chi connectivity index (χ2n) is 7.38. The van der Waals surface area contributed by atoms with Gasteiger partial charge in [-0.25, -0.2) is 0 Å².